The summed E-state index contributed by atoms with van der Waals surface area (Å²) in [5.41, 5.74) is 33.3. The van der Waals surface area contributed by atoms with Crippen LogP contribution in [0, 0.1) is 0 Å². The van der Waals surface area contributed by atoms with Crippen LogP contribution in [0.3, 0.4) is 0 Å². The molecule has 466 valence electrons. The predicted molar refractivity (Wildman–Crippen MR) is 405 cm³/mol. The molecule has 2 aliphatic carbocycles. The van der Waals surface area contributed by atoms with Gasteiger partial charge in [0.05, 0.1) is 11.0 Å². The summed E-state index contributed by atoms with van der Waals surface area (Å²) in [5.74, 6) is 0. The van der Waals surface area contributed by atoms with Gasteiger partial charge in [-0.05, 0) is 225 Å². The Morgan fingerprint density at radius 1 is 0.319 bits per heavy atom. The number of aromatic nitrogens is 1. The fourth-order valence-electron chi connectivity index (χ4n) is 16.9. The molecule has 4 aliphatic rings. The molecule has 0 radical (unpaired) electrons. The molecule has 11 aromatic carbocycles. The number of hydrogen-bond donors (Lipinski definition) is 0. The van der Waals surface area contributed by atoms with Gasteiger partial charge in [0.15, 0.2) is 0 Å². The van der Waals surface area contributed by atoms with Crippen LogP contribution in [0.15, 0.2) is 231 Å². The van der Waals surface area contributed by atoms with Crippen LogP contribution in [0.5, 0.6) is 0 Å². The summed E-state index contributed by atoms with van der Waals surface area (Å²) in [6.07, 6.45) is 4.75. The average Bonchev–Trinajstić information content (AvgIpc) is 0.757. The molecule has 1 aromatic heterocycles. The predicted octanol–water partition coefficient (Wildman–Crippen LogP) is 22.8. The molecule has 0 fully saturated rings. The minimum absolute atomic E-state index is 0.000800. The molecule has 0 atom stereocenters. The highest BCUT2D eigenvalue weighted by atomic mass is 15.2. The maximum atomic E-state index is 2.62. The highest BCUT2D eigenvalue weighted by Crippen LogP contribution is 2.52. The van der Waals surface area contributed by atoms with Gasteiger partial charge in [0, 0.05) is 50.6 Å². The van der Waals surface area contributed by atoms with E-state index in [0.717, 1.165) is 17.1 Å². The quantitative estimate of drug-likeness (QED) is 0.147. The van der Waals surface area contributed by atoms with Crippen molar-refractivity contribution in [2.75, 3.05) is 9.80 Å². The van der Waals surface area contributed by atoms with Crippen molar-refractivity contribution < 1.29 is 0 Å². The van der Waals surface area contributed by atoms with Crippen molar-refractivity contribution in [3.05, 3.63) is 264 Å². The molecule has 0 spiro atoms. The topological polar surface area (TPSA) is 11.4 Å². The Balaban J connectivity index is 0.949. The first-order valence-corrected chi connectivity index (χ1v) is 34.6. The monoisotopic (exact) mass is 1220 g/mol. The third-order valence-electron chi connectivity index (χ3n) is 22.6. The zero-order valence-corrected chi connectivity index (χ0v) is 57.7. The second kappa shape index (κ2) is 21.2. The number of rotatable bonds is 7. The third kappa shape index (κ3) is 9.66. The van der Waals surface area contributed by atoms with Crippen LogP contribution in [-0.2, 0) is 32.5 Å². The van der Waals surface area contributed by atoms with Gasteiger partial charge in [-0.2, -0.15) is 0 Å². The van der Waals surface area contributed by atoms with Gasteiger partial charge in [-0.25, -0.2) is 0 Å². The van der Waals surface area contributed by atoms with Crippen molar-refractivity contribution in [3.8, 4) is 50.2 Å². The largest absolute Gasteiger partial charge is 0.311 e. The summed E-state index contributed by atoms with van der Waals surface area (Å²) in [5, 5.41) is 2.54. The van der Waals surface area contributed by atoms with Crippen LogP contribution in [-0.4, -0.2) is 11.3 Å². The van der Waals surface area contributed by atoms with Gasteiger partial charge in [-0.1, -0.05) is 255 Å². The van der Waals surface area contributed by atoms with Gasteiger partial charge in [0.2, 0.25) is 0 Å². The summed E-state index contributed by atoms with van der Waals surface area (Å²) >= 11 is 0. The van der Waals surface area contributed by atoms with Gasteiger partial charge in [-0.3, -0.25) is 0 Å². The molecule has 16 rings (SSSR count). The zero-order chi connectivity index (χ0) is 65.2. The van der Waals surface area contributed by atoms with Gasteiger partial charge in [-0.15, -0.1) is 0 Å². The van der Waals surface area contributed by atoms with Crippen molar-refractivity contribution in [2.24, 2.45) is 0 Å². The van der Waals surface area contributed by atoms with E-state index >= 15 is 0 Å². The first-order chi connectivity index (χ1) is 44.8. The molecule has 94 heavy (non-hydrogen) atoms. The molecular weight excluding hydrogens is 1130 g/mol. The van der Waals surface area contributed by atoms with Crippen LogP contribution in [0.25, 0.3) is 72.0 Å². The highest BCUT2D eigenvalue weighted by Gasteiger charge is 2.45. The van der Waals surface area contributed by atoms with Crippen LogP contribution in [0.1, 0.15) is 156 Å². The molecule has 3 nitrogen and oxygen atoms in total. The number of fused-ring (bicyclic) bond motifs is 9. The lowest BCUT2D eigenvalue weighted by atomic mass is 9.33. The summed E-state index contributed by atoms with van der Waals surface area (Å²) in [4.78, 5) is 5.24. The summed E-state index contributed by atoms with van der Waals surface area (Å²) < 4.78 is 2.52. The van der Waals surface area contributed by atoms with Crippen molar-refractivity contribution in [3.63, 3.8) is 0 Å². The van der Waals surface area contributed by atoms with E-state index in [2.05, 4.69) is 342 Å². The van der Waals surface area contributed by atoms with Crippen molar-refractivity contribution in [1.82, 2.24) is 4.57 Å². The number of hydrogen-bond acceptors (Lipinski definition) is 2. The Bertz CT molecular complexity index is 5040. The third-order valence-corrected chi connectivity index (χ3v) is 22.6. The standard InChI is InChI=1S/C90H88BN3/c1-85(2,3)64-35-45-79-70(55-64)69-25-19-21-27-78(69)94(79)67-40-44-77-81(56-67)93(66-38-30-59(31-39-66)61-33-42-73-75(51-61)90(13,14)49-47-88(73,9)10)83-54-63(57-22-16-15-17-23-57)53-82-84(83)91(77)76-43-34-62(68-24-18-20-26-71(68)86(4,5)6)52-80(76)92(82)65-36-28-58(29-37-65)60-32-41-72-74(50-60)89(11,12)48-46-87(72,7)8/h15-45,50-56H,46-49H2,1-14H3. The summed E-state index contributed by atoms with van der Waals surface area (Å²) in [6, 6.07) is 89.9. The molecule has 3 heterocycles. The number of benzene rings is 11. The second-order valence-corrected chi connectivity index (χ2v) is 32.7. The molecule has 2 aliphatic heterocycles. The van der Waals surface area contributed by atoms with E-state index in [9.17, 15) is 0 Å². The second-order valence-electron chi connectivity index (χ2n) is 32.7. The van der Waals surface area contributed by atoms with Gasteiger partial charge in [0.25, 0.3) is 6.71 Å². The lowest BCUT2D eigenvalue weighted by Crippen LogP contribution is -2.61. The maximum Gasteiger partial charge on any atom is 0.252 e. The fraction of sp³-hybridized carbons (Fsp3) is 0.267. The van der Waals surface area contributed by atoms with E-state index in [1.165, 1.54) is 165 Å². The molecule has 0 N–H and O–H groups in total. The highest BCUT2D eigenvalue weighted by molar-refractivity contribution is 7.00. The zero-order valence-electron chi connectivity index (χ0n) is 57.7. The smallest absolute Gasteiger partial charge is 0.252 e. The lowest BCUT2D eigenvalue weighted by molar-refractivity contribution is 0.332. The van der Waals surface area contributed by atoms with E-state index in [1.807, 2.05) is 0 Å². The Kier molecular flexibility index (Phi) is 13.5. The Hall–Kier alpha value is -9.12. The van der Waals surface area contributed by atoms with E-state index in [1.54, 1.807) is 0 Å². The van der Waals surface area contributed by atoms with Crippen LogP contribution >= 0.6 is 0 Å². The van der Waals surface area contributed by atoms with Crippen molar-refractivity contribution in [2.45, 2.75) is 155 Å². The molecule has 12 aromatic rings. The SMILES string of the molecule is CC(C)(C)c1ccc2c(c1)c1ccccc1n2-c1ccc2c(c1)N(c1ccc(-c3ccc4c(c3)C(C)(C)CCC4(C)C)cc1)c1cc(-c3ccccc3)cc3c1B2c1ccc(-c2ccccc2C(C)(C)C)cc1N3c1ccc(-c2ccc3c(c2)C(C)(C)CCC3(C)C)cc1. The lowest BCUT2D eigenvalue weighted by Gasteiger charge is -2.45. The molecule has 0 amide bonds. The molecule has 4 heteroatoms. The molecule has 0 unspecified atom stereocenters. The Morgan fingerprint density at radius 2 is 0.766 bits per heavy atom. The van der Waals surface area contributed by atoms with Crippen LogP contribution < -0.4 is 26.2 Å². The number of anilines is 6. The minimum Gasteiger partial charge on any atom is -0.311 e. The van der Waals surface area contributed by atoms with Crippen LogP contribution in [0.4, 0.5) is 34.1 Å². The summed E-state index contributed by atoms with van der Waals surface area (Å²) in [7, 11) is 0. The normalized spacial score (nSPS) is 16.5. The number of nitrogens with zero attached hydrogens (tertiary/aromatic N) is 3. The van der Waals surface area contributed by atoms with Crippen molar-refractivity contribution >= 4 is 79.0 Å². The van der Waals surface area contributed by atoms with E-state index in [-0.39, 0.29) is 39.2 Å². The Labute approximate surface area is 559 Å². The van der Waals surface area contributed by atoms with E-state index in [4.69, 9.17) is 0 Å². The van der Waals surface area contributed by atoms with Gasteiger partial charge >= 0.3 is 0 Å². The fourth-order valence-corrected chi connectivity index (χ4v) is 16.9. The average molecular weight is 1220 g/mol. The van der Waals surface area contributed by atoms with Crippen LogP contribution in [0.2, 0.25) is 0 Å². The molecule has 0 saturated carbocycles. The van der Waals surface area contributed by atoms with E-state index in [0.29, 0.717) is 0 Å². The van der Waals surface area contributed by atoms with Crippen molar-refractivity contribution in [1.29, 1.82) is 0 Å². The van der Waals surface area contributed by atoms with Gasteiger partial charge < -0.3 is 14.4 Å². The molecule has 0 bridgehead atoms. The molecular formula is C90H88BN3. The number of para-hydroxylation sites is 1. The summed E-state index contributed by atoms with van der Waals surface area (Å²) in [6.45, 7) is 33.3. The minimum atomic E-state index is -0.106. The Morgan fingerprint density at radius 3 is 1.33 bits per heavy atom. The van der Waals surface area contributed by atoms with E-state index < -0.39 is 0 Å². The maximum absolute atomic E-state index is 2.62. The molecule has 0 saturated heterocycles. The first kappa shape index (κ1) is 59.9. The van der Waals surface area contributed by atoms with Gasteiger partial charge in [0.1, 0.15) is 0 Å². The first-order valence-electron chi connectivity index (χ1n) is 34.6.